The molecule has 25 heavy (non-hydrogen) atoms. The topological polar surface area (TPSA) is 102 Å². The molecule has 0 aliphatic heterocycles. The molecule has 1 unspecified atom stereocenters. The summed E-state index contributed by atoms with van der Waals surface area (Å²) in [6.45, 7) is 9.27. The lowest BCUT2D eigenvalue weighted by atomic mass is 9.89. The molecule has 0 aliphatic carbocycles. The molecule has 0 saturated carbocycles. The number of amides is 1. The molecule has 0 radical (unpaired) electrons. The van der Waals surface area contributed by atoms with Crippen molar-refractivity contribution in [1.82, 2.24) is 5.32 Å². The lowest BCUT2D eigenvalue weighted by molar-refractivity contribution is -0.174. The molecule has 0 spiro atoms. The molecule has 1 amide bonds. The van der Waals surface area contributed by atoms with Crippen molar-refractivity contribution in [3.05, 3.63) is 0 Å². The quantitative estimate of drug-likeness (QED) is 0.408. The number of ether oxygens (including phenoxy) is 2. The lowest BCUT2D eigenvalue weighted by Crippen LogP contribution is -2.38. The van der Waals surface area contributed by atoms with E-state index in [4.69, 9.17) is 9.47 Å². The number of carbonyl (C=O) groups is 3. The molecular weight excluding hydrogens is 326 g/mol. The number of aliphatic carboxylic acids is 1. The van der Waals surface area contributed by atoms with E-state index in [9.17, 15) is 19.5 Å². The van der Waals surface area contributed by atoms with Crippen LogP contribution in [0.25, 0.3) is 0 Å². The summed E-state index contributed by atoms with van der Waals surface area (Å²) in [7, 11) is 0. The molecule has 0 saturated heterocycles. The maximum absolute atomic E-state index is 11.9. The Morgan fingerprint density at radius 1 is 1.08 bits per heavy atom. The van der Waals surface area contributed by atoms with E-state index in [0.29, 0.717) is 12.3 Å². The van der Waals surface area contributed by atoms with Crippen molar-refractivity contribution in [3.63, 3.8) is 0 Å². The van der Waals surface area contributed by atoms with Crippen LogP contribution in [0.1, 0.15) is 66.7 Å². The van der Waals surface area contributed by atoms with E-state index in [-0.39, 0.29) is 18.9 Å². The van der Waals surface area contributed by atoms with Gasteiger partial charge >= 0.3 is 18.0 Å². The molecule has 3 atom stereocenters. The van der Waals surface area contributed by atoms with E-state index in [1.807, 2.05) is 6.92 Å². The van der Waals surface area contributed by atoms with E-state index in [1.54, 1.807) is 20.8 Å². The third kappa shape index (κ3) is 9.94. The van der Waals surface area contributed by atoms with Crippen molar-refractivity contribution < 1.29 is 29.0 Å². The molecule has 7 heteroatoms. The molecular formula is C18H33NO6. The SMILES string of the molecule is CCC[C@@H](CC)CC(CNC(=O)O[C@@H](OC(=O)CC)C(C)C)C(=O)O. The molecule has 7 nitrogen and oxygen atoms in total. The Kier molecular flexibility index (Phi) is 11.7. The minimum absolute atomic E-state index is 0.0130. The van der Waals surface area contributed by atoms with E-state index in [1.165, 1.54) is 0 Å². The second-order valence-corrected chi connectivity index (χ2v) is 6.58. The second kappa shape index (κ2) is 12.6. The Balaban J connectivity index is 4.58. The van der Waals surface area contributed by atoms with Gasteiger partial charge in [-0.25, -0.2) is 4.79 Å². The van der Waals surface area contributed by atoms with Gasteiger partial charge in [0.2, 0.25) is 0 Å². The van der Waals surface area contributed by atoms with Gasteiger partial charge in [0.15, 0.2) is 0 Å². The zero-order valence-electron chi connectivity index (χ0n) is 16.0. The van der Waals surface area contributed by atoms with Gasteiger partial charge < -0.3 is 19.9 Å². The molecule has 0 fully saturated rings. The Morgan fingerprint density at radius 2 is 1.72 bits per heavy atom. The highest BCUT2D eigenvalue weighted by Crippen LogP contribution is 2.21. The zero-order valence-corrected chi connectivity index (χ0v) is 16.0. The Hall–Kier alpha value is -1.79. The average Bonchev–Trinajstić information content (AvgIpc) is 2.56. The molecule has 0 rings (SSSR count). The molecule has 0 heterocycles. The number of carboxylic acids is 1. The van der Waals surface area contributed by atoms with Crippen LogP contribution < -0.4 is 5.32 Å². The maximum Gasteiger partial charge on any atom is 0.410 e. The minimum Gasteiger partial charge on any atom is -0.481 e. The fourth-order valence-corrected chi connectivity index (χ4v) is 2.43. The summed E-state index contributed by atoms with van der Waals surface area (Å²) in [5.41, 5.74) is 0. The molecule has 0 bridgehead atoms. The van der Waals surface area contributed by atoms with Gasteiger partial charge in [0, 0.05) is 18.9 Å². The minimum atomic E-state index is -0.987. The predicted molar refractivity (Wildman–Crippen MR) is 93.9 cm³/mol. The summed E-state index contributed by atoms with van der Waals surface area (Å²) in [4.78, 5) is 34.7. The van der Waals surface area contributed by atoms with E-state index in [2.05, 4.69) is 12.2 Å². The van der Waals surface area contributed by atoms with Crippen molar-refractivity contribution in [2.45, 2.75) is 73.0 Å². The highest BCUT2D eigenvalue weighted by atomic mass is 16.7. The van der Waals surface area contributed by atoms with Crippen molar-refractivity contribution >= 4 is 18.0 Å². The number of carboxylic acid groups (broad SMARTS) is 1. The first-order valence-electron chi connectivity index (χ1n) is 9.11. The van der Waals surface area contributed by atoms with E-state index >= 15 is 0 Å². The van der Waals surface area contributed by atoms with E-state index < -0.39 is 30.2 Å². The van der Waals surface area contributed by atoms with E-state index in [0.717, 1.165) is 19.3 Å². The van der Waals surface area contributed by atoms with Crippen LogP contribution in [0.15, 0.2) is 0 Å². The molecule has 2 N–H and O–H groups in total. The van der Waals surface area contributed by atoms with Gasteiger partial charge in [-0.3, -0.25) is 9.59 Å². The average molecular weight is 359 g/mol. The standard InChI is InChI=1S/C18H33NO6/c1-6-9-13(7-2)10-14(16(21)22)11-19-18(23)25-17(12(4)5)24-15(20)8-3/h12-14,17H,6-11H2,1-5H3,(H,19,23)(H,21,22)/t13-,14?,17-/m1/s1. The van der Waals surface area contributed by atoms with Crippen LogP contribution in [0.4, 0.5) is 4.79 Å². The largest absolute Gasteiger partial charge is 0.481 e. The van der Waals surface area contributed by atoms with Crippen molar-refractivity contribution in [2.24, 2.45) is 17.8 Å². The number of esters is 1. The number of hydrogen-bond donors (Lipinski definition) is 2. The molecule has 0 aromatic rings. The normalized spacial score (nSPS) is 14.5. The second-order valence-electron chi connectivity index (χ2n) is 6.58. The first-order valence-corrected chi connectivity index (χ1v) is 9.11. The number of rotatable bonds is 12. The Morgan fingerprint density at radius 3 is 2.16 bits per heavy atom. The van der Waals surface area contributed by atoms with Gasteiger partial charge in [0.1, 0.15) is 0 Å². The van der Waals surface area contributed by atoms with Crippen molar-refractivity contribution in [2.75, 3.05) is 6.54 Å². The first-order chi connectivity index (χ1) is 11.7. The molecule has 146 valence electrons. The van der Waals surface area contributed by atoms with Crippen LogP contribution in [0.2, 0.25) is 0 Å². The van der Waals surface area contributed by atoms with Crippen molar-refractivity contribution in [1.29, 1.82) is 0 Å². The summed E-state index contributed by atoms with van der Waals surface area (Å²) in [5, 5.41) is 11.8. The summed E-state index contributed by atoms with van der Waals surface area (Å²) in [5.74, 6) is -1.95. The van der Waals surface area contributed by atoms with Crippen LogP contribution in [-0.2, 0) is 19.1 Å². The smallest absolute Gasteiger partial charge is 0.410 e. The summed E-state index contributed by atoms with van der Waals surface area (Å²) < 4.78 is 10.2. The molecule has 0 aromatic heterocycles. The number of hydrogen-bond acceptors (Lipinski definition) is 5. The van der Waals surface area contributed by atoms with Crippen LogP contribution >= 0.6 is 0 Å². The highest BCUT2D eigenvalue weighted by Gasteiger charge is 2.25. The number of alkyl carbamates (subject to hydrolysis) is 1. The summed E-state index contributed by atoms with van der Waals surface area (Å²) in [6.07, 6.45) is 1.80. The summed E-state index contributed by atoms with van der Waals surface area (Å²) in [6, 6.07) is 0. The van der Waals surface area contributed by atoms with Gasteiger partial charge in [-0.1, -0.05) is 53.9 Å². The third-order valence-electron chi connectivity index (χ3n) is 4.04. The fourth-order valence-electron chi connectivity index (χ4n) is 2.43. The monoisotopic (exact) mass is 359 g/mol. The van der Waals surface area contributed by atoms with Gasteiger partial charge in [0.05, 0.1) is 5.92 Å². The number of nitrogens with one attached hydrogen (secondary N) is 1. The molecule has 0 aromatic carbocycles. The maximum atomic E-state index is 11.9. The van der Waals surface area contributed by atoms with Crippen molar-refractivity contribution in [3.8, 4) is 0 Å². The fraction of sp³-hybridized carbons (Fsp3) is 0.833. The Bertz CT molecular complexity index is 424. The first kappa shape index (κ1) is 23.2. The zero-order chi connectivity index (χ0) is 19.4. The van der Waals surface area contributed by atoms with Crippen LogP contribution in [-0.4, -0.2) is 36.0 Å². The van der Waals surface area contributed by atoms with Crippen LogP contribution in [0, 0.1) is 17.8 Å². The van der Waals surface area contributed by atoms with Gasteiger partial charge in [-0.2, -0.15) is 0 Å². The third-order valence-corrected chi connectivity index (χ3v) is 4.04. The number of carbonyl (C=O) groups excluding carboxylic acids is 2. The predicted octanol–water partition coefficient (Wildman–Crippen LogP) is 3.57. The highest BCUT2D eigenvalue weighted by molar-refractivity contribution is 5.73. The van der Waals surface area contributed by atoms with Crippen LogP contribution in [0.5, 0.6) is 0 Å². The summed E-state index contributed by atoms with van der Waals surface area (Å²) >= 11 is 0. The van der Waals surface area contributed by atoms with Gasteiger partial charge in [-0.05, 0) is 12.3 Å². The molecule has 0 aliphatic rings. The lowest BCUT2D eigenvalue weighted by Gasteiger charge is -2.23. The van der Waals surface area contributed by atoms with Crippen LogP contribution in [0.3, 0.4) is 0 Å². The van der Waals surface area contributed by atoms with Gasteiger partial charge in [-0.15, -0.1) is 0 Å². The Labute approximate surface area is 150 Å². The van der Waals surface area contributed by atoms with Gasteiger partial charge in [0.25, 0.3) is 6.29 Å².